The number of hydrogen-bond donors (Lipinski definition) is 1. The Morgan fingerprint density at radius 1 is 0.919 bits per heavy atom. The van der Waals surface area contributed by atoms with Crippen molar-refractivity contribution < 1.29 is 9.59 Å². The molecule has 6 heteroatoms. The molecule has 1 N–H and O–H groups in total. The Labute approximate surface area is 223 Å². The number of benzene rings is 3. The van der Waals surface area contributed by atoms with E-state index in [1.165, 1.54) is 22.2 Å². The minimum Gasteiger partial charge on any atom is -0.351 e. The molecule has 5 nitrogen and oxygen atoms in total. The van der Waals surface area contributed by atoms with Gasteiger partial charge >= 0.3 is 0 Å². The van der Waals surface area contributed by atoms with Crippen LogP contribution in [0, 0.1) is 11.3 Å². The Morgan fingerprint density at radius 3 is 2.19 bits per heavy atom. The molecule has 0 bridgehead atoms. The molecule has 1 aliphatic heterocycles. The first-order valence-corrected chi connectivity index (χ1v) is 13.6. The average Bonchev–Trinajstić information content (AvgIpc) is 3.24. The van der Waals surface area contributed by atoms with Gasteiger partial charge in [-0.25, -0.2) is 0 Å². The van der Waals surface area contributed by atoms with E-state index in [0.717, 1.165) is 30.4 Å². The van der Waals surface area contributed by atoms with Gasteiger partial charge in [-0.05, 0) is 54.5 Å². The molecule has 0 radical (unpaired) electrons. The van der Waals surface area contributed by atoms with Gasteiger partial charge in [0.2, 0.25) is 5.91 Å². The number of para-hydroxylation sites is 1. The first kappa shape index (κ1) is 26.2. The highest BCUT2D eigenvalue weighted by Gasteiger charge is 2.40. The van der Waals surface area contributed by atoms with Gasteiger partial charge in [0.1, 0.15) is 16.7 Å². The van der Waals surface area contributed by atoms with Crippen LogP contribution in [-0.2, 0) is 28.9 Å². The van der Waals surface area contributed by atoms with Crippen LogP contribution in [0.4, 0.5) is 5.69 Å². The van der Waals surface area contributed by atoms with Crippen LogP contribution in [0.2, 0.25) is 0 Å². The van der Waals surface area contributed by atoms with Crippen molar-refractivity contribution in [3.05, 3.63) is 112 Å². The number of aryl methyl sites for hydroxylation is 1. The van der Waals surface area contributed by atoms with E-state index in [9.17, 15) is 14.9 Å². The van der Waals surface area contributed by atoms with E-state index in [1.807, 2.05) is 60.7 Å². The van der Waals surface area contributed by atoms with E-state index in [0.29, 0.717) is 30.1 Å². The summed E-state index contributed by atoms with van der Waals surface area (Å²) < 4.78 is 0. The fourth-order valence-electron chi connectivity index (χ4n) is 4.29. The molecule has 37 heavy (non-hydrogen) atoms. The molecule has 1 fully saturated rings. The number of carbonyl (C=O) groups is 2. The van der Waals surface area contributed by atoms with Crippen LogP contribution < -0.4 is 10.2 Å². The highest BCUT2D eigenvalue weighted by molar-refractivity contribution is 8.05. The molecular weight excluding hydrogens is 478 g/mol. The molecule has 1 atom stereocenters. The van der Waals surface area contributed by atoms with Crippen molar-refractivity contribution in [2.24, 2.45) is 0 Å². The van der Waals surface area contributed by atoms with E-state index >= 15 is 0 Å². The molecule has 3 aromatic rings. The maximum Gasteiger partial charge on any atom is 0.264 e. The Balaban J connectivity index is 1.55. The van der Waals surface area contributed by atoms with Gasteiger partial charge in [-0.2, -0.15) is 5.26 Å². The first-order chi connectivity index (χ1) is 18.1. The van der Waals surface area contributed by atoms with Gasteiger partial charge in [-0.1, -0.05) is 97.9 Å². The third kappa shape index (κ3) is 6.69. The van der Waals surface area contributed by atoms with E-state index in [1.54, 1.807) is 0 Å². The summed E-state index contributed by atoms with van der Waals surface area (Å²) in [5.74, 6) is -0.582. The number of nitrogens with zero attached hydrogens (tertiary/aromatic N) is 2. The lowest BCUT2D eigenvalue weighted by atomic mass is 10.0. The molecular formula is C31H31N3O2S. The van der Waals surface area contributed by atoms with Crippen molar-refractivity contribution >= 4 is 29.3 Å². The SMILES string of the molecule is CCCCc1ccc(C[C@@H]2S/C(=C(\C#N)C(=O)NCCc3ccccc3)N(c3ccccc3)C2=O)cc1. The number of nitriles is 1. The summed E-state index contributed by atoms with van der Waals surface area (Å²) in [5.41, 5.74) is 4.07. The molecule has 4 rings (SSSR count). The van der Waals surface area contributed by atoms with Crippen molar-refractivity contribution in [1.82, 2.24) is 5.32 Å². The van der Waals surface area contributed by atoms with Crippen molar-refractivity contribution in [2.75, 3.05) is 11.4 Å². The van der Waals surface area contributed by atoms with Gasteiger partial charge in [0.05, 0.1) is 5.25 Å². The molecule has 0 saturated carbocycles. The monoisotopic (exact) mass is 509 g/mol. The van der Waals surface area contributed by atoms with Gasteiger partial charge in [0.15, 0.2) is 0 Å². The molecule has 1 saturated heterocycles. The van der Waals surface area contributed by atoms with Crippen LogP contribution in [0.5, 0.6) is 0 Å². The normalized spacial score (nSPS) is 16.4. The number of rotatable bonds is 10. The quantitative estimate of drug-likeness (QED) is 0.276. The lowest BCUT2D eigenvalue weighted by molar-refractivity contribution is -0.117. The van der Waals surface area contributed by atoms with Crippen LogP contribution in [0.1, 0.15) is 36.5 Å². The molecule has 188 valence electrons. The fourth-order valence-corrected chi connectivity index (χ4v) is 5.60. The Morgan fingerprint density at radius 2 is 1.54 bits per heavy atom. The second-order valence-corrected chi connectivity index (χ2v) is 10.2. The smallest absolute Gasteiger partial charge is 0.264 e. The van der Waals surface area contributed by atoms with Gasteiger partial charge in [0.25, 0.3) is 5.91 Å². The predicted molar refractivity (Wildman–Crippen MR) is 150 cm³/mol. The third-order valence-corrected chi connectivity index (χ3v) is 7.59. The highest BCUT2D eigenvalue weighted by Crippen LogP contribution is 2.41. The zero-order valence-electron chi connectivity index (χ0n) is 21.0. The minimum atomic E-state index is -0.462. The highest BCUT2D eigenvalue weighted by atomic mass is 32.2. The van der Waals surface area contributed by atoms with Crippen molar-refractivity contribution in [3.8, 4) is 6.07 Å². The van der Waals surface area contributed by atoms with E-state index in [4.69, 9.17) is 0 Å². The van der Waals surface area contributed by atoms with E-state index in [2.05, 4.69) is 42.6 Å². The van der Waals surface area contributed by atoms with Gasteiger partial charge < -0.3 is 5.32 Å². The average molecular weight is 510 g/mol. The number of nitrogens with one attached hydrogen (secondary N) is 1. The Kier molecular flexibility index (Phi) is 9.18. The lowest BCUT2D eigenvalue weighted by Crippen LogP contribution is -2.32. The lowest BCUT2D eigenvalue weighted by Gasteiger charge is -2.18. The van der Waals surface area contributed by atoms with Crippen LogP contribution >= 0.6 is 11.8 Å². The predicted octanol–water partition coefficient (Wildman–Crippen LogP) is 5.81. The van der Waals surface area contributed by atoms with Crippen LogP contribution in [0.3, 0.4) is 0 Å². The Bertz CT molecular complexity index is 1280. The fraction of sp³-hybridized carbons (Fsp3) is 0.258. The maximum atomic E-state index is 13.6. The molecule has 0 spiro atoms. The zero-order valence-corrected chi connectivity index (χ0v) is 21.8. The molecule has 3 aromatic carbocycles. The first-order valence-electron chi connectivity index (χ1n) is 12.7. The van der Waals surface area contributed by atoms with Gasteiger partial charge in [-0.3, -0.25) is 14.5 Å². The summed E-state index contributed by atoms with van der Waals surface area (Å²) in [5, 5.41) is 12.8. The molecule has 1 aliphatic rings. The van der Waals surface area contributed by atoms with Gasteiger partial charge in [-0.15, -0.1) is 0 Å². The summed E-state index contributed by atoms with van der Waals surface area (Å²) in [6, 6.07) is 29.6. The Hall–Kier alpha value is -3.82. The standard InChI is InChI=1S/C31H31N3O2S/c1-2-3-10-24-15-17-25(18-16-24)21-28-30(36)34(26-13-8-5-9-14-26)31(37-28)27(22-32)29(35)33-20-19-23-11-6-4-7-12-23/h4-9,11-18,28H,2-3,10,19-21H2,1H3,(H,33,35)/b31-27+/t28-/m0/s1. The number of unbranched alkanes of at least 4 members (excludes halogenated alkanes) is 1. The molecule has 0 aromatic heterocycles. The van der Waals surface area contributed by atoms with Crippen LogP contribution in [-0.4, -0.2) is 23.6 Å². The largest absolute Gasteiger partial charge is 0.351 e. The molecule has 2 amide bonds. The summed E-state index contributed by atoms with van der Waals surface area (Å²) >= 11 is 1.30. The maximum absolute atomic E-state index is 13.6. The zero-order chi connectivity index (χ0) is 26.0. The third-order valence-electron chi connectivity index (χ3n) is 6.33. The van der Waals surface area contributed by atoms with Gasteiger partial charge in [0, 0.05) is 12.2 Å². The number of carbonyl (C=O) groups excluding carboxylic acids is 2. The summed E-state index contributed by atoms with van der Waals surface area (Å²) in [7, 11) is 0. The van der Waals surface area contributed by atoms with E-state index < -0.39 is 11.2 Å². The summed E-state index contributed by atoms with van der Waals surface area (Å²) in [6.07, 6.45) is 4.54. The second kappa shape index (κ2) is 12.9. The molecule has 0 aliphatic carbocycles. The topological polar surface area (TPSA) is 73.2 Å². The second-order valence-electron chi connectivity index (χ2n) is 9.02. The molecule has 1 heterocycles. The summed E-state index contributed by atoms with van der Waals surface area (Å²) in [6.45, 7) is 2.58. The minimum absolute atomic E-state index is 0.0346. The summed E-state index contributed by atoms with van der Waals surface area (Å²) in [4.78, 5) is 28.2. The molecule has 0 unspecified atom stereocenters. The number of amides is 2. The van der Waals surface area contributed by atoms with Crippen molar-refractivity contribution in [1.29, 1.82) is 5.26 Å². The number of hydrogen-bond acceptors (Lipinski definition) is 4. The number of thioether (sulfide) groups is 1. The van der Waals surface area contributed by atoms with Crippen molar-refractivity contribution in [3.63, 3.8) is 0 Å². The van der Waals surface area contributed by atoms with Crippen LogP contribution in [0.15, 0.2) is 95.5 Å². The van der Waals surface area contributed by atoms with Crippen molar-refractivity contribution in [2.45, 2.75) is 44.3 Å². The van der Waals surface area contributed by atoms with E-state index in [-0.39, 0.29) is 11.5 Å². The van der Waals surface area contributed by atoms with Crippen LogP contribution in [0.25, 0.3) is 0 Å². The number of anilines is 1.